The van der Waals surface area contributed by atoms with Crippen molar-refractivity contribution < 1.29 is 14.3 Å². The fraction of sp³-hybridized carbons (Fsp3) is 0.421. The Bertz CT molecular complexity index is 908. The summed E-state index contributed by atoms with van der Waals surface area (Å²) in [7, 11) is 2.90. The average molecular weight is 392 g/mol. The van der Waals surface area contributed by atoms with E-state index in [0.29, 0.717) is 10.9 Å². The largest absolute Gasteiger partial charge is 0.489 e. The zero-order valence-corrected chi connectivity index (χ0v) is 16.2. The van der Waals surface area contributed by atoms with Gasteiger partial charge in [-0.25, -0.2) is 9.78 Å². The van der Waals surface area contributed by atoms with Crippen molar-refractivity contribution in [2.75, 3.05) is 19.0 Å². The second kappa shape index (κ2) is 8.00. The van der Waals surface area contributed by atoms with Crippen LogP contribution in [0.5, 0.6) is 5.75 Å². The van der Waals surface area contributed by atoms with Crippen LogP contribution in [0.2, 0.25) is 5.02 Å². The van der Waals surface area contributed by atoms with E-state index in [1.165, 1.54) is 11.7 Å². The number of methoxy groups -OCH3 is 1. The lowest BCUT2D eigenvalue weighted by atomic mass is 10.0. The van der Waals surface area contributed by atoms with Gasteiger partial charge in [-0.05, 0) is 37.3 Å². The van der Waals surface area contributed by atoms with Gasteiger partial charge in [-0.3, -0.25) is 9.36 Å². The van der Waals surface area contributed by atoms with Crippen molar-refractivity contribution in [1.82, 2.24) is 9.55 Å². The fourth-order valence-corrected chi connectivity index (χ4v) is 3.23. The third kappa shape index (κ3) is 3.93. The minimum absolute atomic E-state index is 0.111. The molecule has 1 aliphatic carbocycles. The van der Waals surface area contributed by atoms with Crippen LogP contribution < -0.4 is 15.6 Å². The molecule has 3 rings (SSSR count). The summed E-state index contributed by atoms with van der Waals surface area (Å²) in [5.41, 5.74) is 0.329. The standard InChI is InChI=1S/C19H22ClN3O4/c1-4-27-18(25)15-16(26-3)17(24)23(2)19(22-15)21-14(11-9-10-11)12-7-5-6-8-13(12)20/h5-8,11,14H,4,9-10H2,1-3H3,(H,21,22). The molecule has 144 valence electrons. The zero-order valence-electron chi connectivity index (χ0n) is 15.5. The SMILES string of the molecule is CCOC(=O)c1nc(NC(c2ccccc2Cl)C2CC2)n(C)c(=O)c1OC. The molecule has 7 nitrogen and oxygen atoms in total. The van der Waals surface area contributed by atoms with Gasteiger partial charge in [0, 0.05) is 12.1 Å². The number of carbonyl (C=O) groups is 1. The van der Waals surface area contributed by atoms with Crippen LogP contribution in [0.25, 0.3) is 0 Å². The molecule has 0 amide bonds. The van der Waals surface area contributed by atoms with Crippen LogP contribution in [0.4, 0.5) is 5.95 Å². The Balaban J connectivity index is 2.04. The molecule has 1 fully saturated rings. The van der Waals surface area contributed by atoms with Gasteiger partial charge >= 0.3 is 5.97 Å². The molecule has 0 saturated heterocycles. The molecule has 0 radical (unpaired) electrons. The summed E-state index contributed by atoms with van der Waals surface area (Å²) in [5, 5.41) is 3.94. The first kappa shape index (κ1) is 19.2. The molecule has 1 N–H and O–H groups in total. The van der Waals surface area contributed by atoms with E-state index in [4.69, 9.17) is 21.1 Å². The van der Waals surface area contributed by atoms with Crippen molar-refractivity contribution in [3.63, 3.8) is 0 Å². The molecule has 1 aromatic carbocycles. The molecule has 0 aliphatic heterocycles. The molecule has 1 atom stereocenters. The molecule has 1 heterocycles. The van der Waals surface area contributed by atoms with Crippen LogP contribution >= 0.6 is 11.6 Å². The normalized spacial score (nSPS) is 14.5. The Morgan fingerprint density at radius 2 is 2.11 bits per heavy atom. The summed E-state index contributed by atoms with van der Waals surface area (Å²) >= 11 is 6.38. The van der Waals surface area contributed by atoms with Gasteiger partial charge in [0.15, 0.2) is 5.69 Å². The summed E-state index contributed by atoms with van der Waals surface area (Å²) in [6.07, 6.45) is 2.11. The number of nitrogens with one attached hydrogen (secondary N) is 1. The van der Waals surface area contributed by atoms with Crippen molar-refractivity contribution in [1.29, 1.82) is 0 Å². The van der Waals surface area contributed by atoms with Crippen LogP contribution in [-0.4, -0.2) is 29.2 Å². The Morgan fingerprint density at radius 3 is 2.70 bits per heavy atom. The Morgan fingerprint density at radius 1 is 1.41 bits per heavy atom. The van der Waals surface area contributed by atoms with Crippen LogP contribution in [-0.2, 0) is 11.8 Å². The monoisotopic (exact) mass is 391 g/mol. The summed E-state index contributed by atoms with van der Waals surface area (Å²) in [6.45, 7) is 1.86. The third-order valence-corrected chi connectivity index (χ3v) is 4.88. The summed E-state index contributed by atoms with van der Waals surface area (Å²) in [6, 6.07) is 7.46. The van der Waals surface area contributed by atoms with Crippen molar-refractivity contribution in [3.8, 4) is 5.75 Å². The Hall–Kier alpha value is -2.54. The van der Waals surface area contributed by atoms with Crippen LogP contribution in [0.15, 0.2) is 29.1 Å². The van der Waals surface area contributed by atoms with Crippen LogP contribution in [0, 0.1) is 5.92 Å². The molecule has 2 aromatic rings. The number of nitrogens with zero attached hydrogens (tertiary/aromatic N) is 2. The van der Waals surface area contributed by atoms with Gasteiger partial charge < -0.3 is 14.8 Å². The van der Waals surface area contributed by atoms with E-state index in [2.05, 4.69) is 10.3 Å². The van der Waals surface area contributed by atoms with E-state index in [0.717, 1.165) is 18.4 Å². The minimum atomic E-state index is -0.698. The predicted molar refractivity (Wildman–Crippen MR) is 103 cm³/mol. The summed E-state index contributed by atoms with van der Waals surface area (Å²) < 4.78 is 11.4. The minimum Gasteiger partial charge on any atom is -0.489 e. The smallest absolute Gasteiger partial charge is 0.361 e. The van der Waals surface area contributed by atoms with E-state index in [-0.39, 0.29) is 30.0 Å². The molecule has 0 spiro atoms. The highest BCUT2D eigenvalue weighted by Gasteiger charge is 2.34. The molecule has 27 heavy (non-hydrogen) atoms. The number of esters is 1. The maximum Gasteiger partial charge on any atom is 0.361 e. The number of benzene rings is 1. The van der Waals surface area contributed by atoms with Gasteiger partial charge in [-0.1, -0.05) is 29.8 Å². The second-order valence-corrected chi connectivity index (χ2v) is 6.79. The average Bonchev–Trinajstić information content (AvgIpc) is 3.49. The topological polar surface area (TPSA) is 82.5 Å². The molecular formula is C19H22ClN3O4. The van der Waals surface area contributed by atoms with Crippen molar-refractivity contribution in [2.24, 2.45) is 13.0 Å². The van der Waals surface area contributed by atoms with E-state index in [1.807, 2.05) is 24.3 Å². The highest BCUT2D eigenvalue weighted by atomic mass is 35.5. The van der Waals surface area contributed by atoms with E-state index < -0.39 is 11.5 Å². The molecule has 1 aliphatic rings. The quantitative estimate of drug-likeness (QED) is 0.730. The molecule has 8 heteroatoms. The fourth-order valence-electron chi connectivity index (χ4n) is 2.98. The van der Waals surface area contributed by atoms with Crippen LogP contribution in [0.1, 0.15) is 41.9 Å². The highest BCUT2D eigenvalue weighted by Crippen LogP contribution is 2.44. The third-order valence-electron chi connectivity index (χ3n) is 4.54. The van der Waals surface area contributed by atoms with Crippen molar-refractivity contribution in [2.45, 2.75) is 25.8 Å². The molecule has 1 aromatic heterocycles. The van der Waals surface area contributed by atoms with Gasteiger partial charge in [0.2, 0.25) is 11.7 Å². The summed E-state index contributed by atoms with van der Waals surface area (Å²) in [4.78, 5) is 29.2. The lowest BCUT2D eigenvalue weighted by Crippen LogP contribution is -2.29. The summed E-state index contributed by atoms with van der Waals surface area (Å²) in [5.74, 6) is -0.186. The van der Waals surface area contributed by atoms with Crippen LogP contribution in [0.3, 0.4) is 0 Å². The van der Waals surface area contributed by atoms with Gasteiger partial charge in [-0.2, -0.15) is 0 Å². The number of hydrogen-bond donors (Lipinski definition) is 1. The number of halogens is 1. The maximum atomic E-state index is 12.6. The van der Waals surface area contributed by atoms with Crippen molar-refractivity contribution >= 4 is 23.5 Å². The van der Waals surface area contributed by atoms with E-state index in [9.17, 15) is 9.59 Å². The number of anilines is 1. The first-order valence-corrected chi connectivity index (χ1v) is 9.18. The van der Waals surface area contributed by atoms with Gasteiger partial charge in [0.05, 0.1) is 19.8 Å². The van der Waals surface area contributed by atoms with E-state index >= 15 is 0 Å². The molecule has 1 unspecified atom stereocenters. The number of rotatable bonds is 7. The molecule has 0 bridgehead atoms. The maximum absolute atomic E-state index is 12.6. The predicted octanol–water partition coefficient (Wildman–Crippen LogP) is 3.18. The lowest BCUT2D eigenvalue weighted by molar-refractivity contribution is 0.0514. The zero-order chi connectivity index (χ0) is 19.6. The van der Waals surface area contributed by atoms with Gasteiger partial charge in [0.25, 0.3) is 5.56 Å². The number of hydrogen-bond acceptors (Lipinski definition) is 6. The Labute approximate surface area is 162 Å². The van der Waals surface area contributed by atoms with Gasteiger partial charge in [0.1, 0.15) is 0 Å². The van der Waals surface area contributed by atoms with E-state index in [1.54, 1.807) is 14.0 Å². The first-order chi connectivity index (χ1) is 13.0. The number of carbonyl (C=O) groups excluding carboxylic acids is 1. The number of aromatic nitrogens is 2. The number of ether oxygens (including phenoxy) is 2. The lowest BCUT2D eigenvalue weighted by Gasteiger charge is -2.22. The molecule has 1 saturated carbocycles. The second-order valence-electron chi connectivity index (χ2n) is 6.38. The van der Waals surface area contributed by atoms with Gasteiger partial charge in [-0.15, -0.1) is 0 Å². The Kier molecular flexibility index (Phi) is 5.70. The first-order valence-electron chi connectivity index (χ1n) is 8.81. The molecular weight excluding hydrogens is 370 g/mol. The van der Waals surface area contributed by atoms with Crippen molar-refractivity contribution in [3.05, 3.63) is 50.9 Å². The highest BCUT2D eigenvalue weighted by molar-refractivity contribution is 6.31.